The van der Waals surface area contributed by atoms with E-state index < -0.39 is 29.6 Å². The van der Waals surface area contributed by atoms with Crippen molar-refractivity contribution in [2.45, 2.75) is 25.6 Å². The van der Waals surface area contributed by atoms with E-state index in [-0.39, 0.29) is 17.0 Å². The third kappa shape index (κ3) is 7.02. The lowest BCUT2D eigenvalue weighted by atomic mass is 10.0. The summed E-state index contributed by atoms with van der Waals surface area (Å²) in [4.78, 5) is 14.3. The van der Waals surface area contributed by atoms with Crippen LogP contribution < -0.4 is 15.4 Å². The van der Waals surface area contributed by atoms with Crippen molar-refractivity contribution in [2.24, 2.45) is 0 Å². The molecule has 0 aromatic heterocycles. The molecule has 1 aliphatic heterocycles. The number of para-hydroxylation sites is 2. The molecule has 1 saturated heterocycles. The summed E-state index contributed by atoms with van der Waals surface area (Å²) in [7, 11) is -0.782. The molecule has 152 valence electrons. The molecule has 2 rings (SSSR count). The van der Waals surface area contributed by atoms with Crippen molar-refractivity contribution >= 4 is 22.5 Å². The third-order valence-electron chi connectivity index (χ3n) is 4.24. The summed E-state index contributed by atoms with van der Waals surface area (Å²) < 4.78 is 53.2. The van der Waals surface area contributed by atoms with Crippen molar-refractivity contribution in [3.63, 3.8) is 0 Å². The Hall–Kier alpha value is -1.81. The van der Waals surface area contributed by atoms with Gasteiger partial charge in [0, 0.05) is 47.5 Å². The van der Waals surface area contributed by atoms with Gasteiger partial charge < -0.3 is 15.4 Å². The van der Waals surface area contributed by atoms with Gasteiger partial charge in [0.1, 0.15) is 5.75 Å². The summed E-state index contributed by atoms with van der Waals surface area (Å²) in [5, 5.41) is 5.25. The van der Waals surface area contributed by atoms with Crippen molar-refractivity contribution in [2.75, 3.05) is 43.1 Å². The molecule has 0 aliphatic carbocycles. The minimum absolute atomic E-state index is 0.0530. The van der Waals surface area contributed by atoms with Gasteiger partial charge in [-0.2, -0.15) is 13.2 Å². The van der Waals surface area contributed by atoms with Gasteiger partial charge >= 0.3 is 12.2 Å². The van der Waals surface area contributed by atoms with Gasteiger partial charge in [0.25, 0.3) is 0 Å². The zero-order valence-corrected chi connectivity index (χ0v) is 16.1. The molecule has 1 fully saturated rings. The Morgan fingerprint density at radius 1 is 1.22 bits per heavy atom. The fraction of sp³-hybridized carbons (Fsp3) is 0.588. The highest BCUT2D eigenvalue weighted by atomic mass is 32.2. The van der Waals surface area contributed by atoms with Crippen LogP contribution >= 0.6 is 0 Å². The van der Waals surface area contributed by atoms with Crippen LogP contribution in [0.15, 0.2) is 24.3 Å². The molecule has 1 aromatic rings. The Morgan fingerprint density at radius 2 is 1.85 bits per heavy atom. The number of amides is 2. The van der Waals surface area contributed by atoms with Crippen LogP contribution in [-0.4, -0.2) is 64.6 Å². The summed E-state index contributed by atoms with van der Waals surface area (Å²) in [5.41, 5.74) is -0.181. The number of rotatable bonds is 6. The molecule has 1 heterocycles. The fourth-order valence-corrected chi connectivity index (χ4v) is 3.73. The summed E-state index contributed by atoms with van der Waals surface area (Å²) >= 11 is 0. The molecule has 27 heavy (non-hydrogen) atoms. The van der Waals surface area contributed by atoms with Crippen LogP contribution in [0.2, 0.25) is 0 Å². The van der Waals surface area contributed by atoms with Crippen molar-refractivity contribution in [1.29, 1.82) is 0 Å². The minimum atomic E-state index is -4.46. The van der Waals surface area contributed by atoms with Crippen LogP contribution in [0.1, 0.15) is 13.8 Å². The van der Waals surface area contributed by atoms with E-state index in [4.69, 9.17) is 4.74 Å². The Morgan fingerprint density at radius 3 is 2.48 bits per heavy atom. The molecular weight excluding hydrogens is 383 g/mol. The van der Waals surface area contributed by atoms with Gasteiger partial charge in [-0.05, 0) is 26.0 Å². The summed E-state index contributed by atoms with van der Waals surface area (Å²) in [6.45, 7) is 4.23. The lowest BCUT2D eigenvalue weighted by molar-refractivity contribution is -0.153. The number of halogens is 3. The first-order valence-corrected chi connectivity index (χ1v) is 9.99. The van der Waals surface area contributed by atoms with E-state index in [1.807, 2.05) is 13.8 Å². The molecule has 10 heteroatoms. The smallest absolute Gasteiger partial charge is 0.422 e. The number of urea groups is 1. The van der Waals surface area contributed by atoms with Crippen molar-refractivity contribution in [3.05, 3.63) is 24.3 Å². The second kappa shape index (κ2) is 8.92. The van der Waals surface area contributed by atoms with Crippen molar-refractivity contribution < 1.29 is 26.9 Å². The number of hydrogen-bond donors (Lipinski definition) is 2. The quantitative estimate of drug-likeness (QED) is 0.761. The molecule has 0 radical (unpaired) electrons. The Bertz CT molecular complexity index is 673. The number of carbonyl (C=O) groups is 1. The Labute approximate surface area is 158 Å². The first-order chi connectivity index (χ1) is 12.6. The second-order valence-electron chi connectivity index (χ2n) is 6.86. The van der Waals surface area contributed by atoms with Crippen LogP contribution in [0.5, 0.6) is 5.75 Å². The largest absolute Gasteiger partial charge is 0.482 e. The molecular formula is C17H24F3N3O3S. The molecule has 0 unspecified atom stereocenters. The molecule has 2 N–H and O–H groups in total. The highest BCUT2D eigenvalue weighted by Gasteiger charge is 2.30. The van der Waals surface area contributed by atoms with E-state index >= 15 is 0 Å². The zero-order chi connectivity index (χ0) is 20.1. The number of hydrogen-bond acceptors (Lipinski definition) is 4. The highest BCUT2D eigenvalue weighted by molar-refractivity contribution is 7.85. The van der Waals surface area contributed by atoms with Gasteiger partial charge in [0.05, 0.1) is 5.69 Å². The van der Waals surface area contributed by atoms with E-state index in [0.29, 0.717) is 31.1 Å². The van der Waals surface area contributed by atoms with Crippen molar-refractivity contribution in [3.8, 4) is 5.75 Å². The van der Waals surface area contributed by atoms with Crippen LogP contribution in [-0.2, 0) is 10.8 Å². The third-order valence-corrected chi connectivity index (χ3v) is 5.52. The lowest BCUT2D eigenvalue weighted by Gasteiger charge is -2.40. The molecule has 1 aliphatic rings. The number of benzene rings is 1. The molecule has 0 saturated carbocycles. The number of anilines is 1. The molecule has 0 spiro atoms. The number of ether oxygens (including phenoxy) is 1. The van der Waals surface area contributed by atoms with Crippen molar-refractivity contribution in [1.82, 2.24) is 10.2 Å². The lowest BCUT2D eigenvalue weighted by Crippen LogP contribution is -2.56. The number of carbonyl (C=O) groups excluding carboxylic acids is 1. The second-order valence-corrected chi connectivity index (χ2v) is 8.55. The van der Waals surface area contributed by atoms with E-state index in [9.17, 15) is 22.2 Å². The van der Waals surface area contributed by atoms with Crippen LogP contribution in [0.4, 0.5) is 23.7 Å². The first-order valence-electron chi connectivity index (χ1n) is 8.50. The molecule has 6 nitrogen and oxygen atoms in total. The number of nitrogens with zero attached hydrogens (tertiary/aromatic N) is 1. The predicted molar refractivity (Wildman–Crippen MR) is 98.5 cm³/mol. The molecule has 0 bridgehead atoms. The van der Waals surface area contributed by atoms with Gasteiger partial charge in [-0.25, -0.2) is 4.79 Å². The van der Waals surface area contributed by atoms with Crippen LogP contribution in [0.3, 0.4) is 0 Å². The summed E-state index contributed by atoms with van der Waals surface area (Å²) in [6.07, 6.45) is -4.46. The SMILES string of the molecule is CC(C)(CNC(=O)Nc1ccccc1OCC(F)(F)F)N1CCS(=O)CC1. The normalized spacial score (nSPS) is 16.8. The summed E-state index contributed by atoms with van der Waals surface area (Å²) in [6, 6.07) is 5.41. The Balaban J connectivity index is 1.89. The fourth-order valence-electron chi connectivity index (χ4n) is 2.67. The van der Waals surface area contributed by atoms with Crippen LogP contribution in [0, 0.1) is 0 Å². The zero-order valence-electron chi connectivity index (χ0n) is 15.3. The Kier molecular flexibility index (Phi) is 7.10. The van der Waals surface area contributed by atoms with Gasteiger partial charge in [-0.1, -0.05) is 12.1 Å². The average Bonchev–Trinajstić information content (AvgIpc) is 2.59. The molecule has 2 amide bonds. The number of nitrogens with one attached hydrogen (secondary N) is 2. The summed E-state index contributed by atoms with van der Waals surface area (Å²) in [5.74, 6) is 1.17. The van der Waals surface area contributed by atoms with Gasteiger partial charge in [-0.3, -0.25) is 9.11 Å². The topological polar surface area (TPSA) is 70.7 Å². The van der Waals surface area contributed by atoms with E-state index in [1.54, 1.807) is 6.07 Å². The maximum absolute atomic E-state index is 12.3. The standard InChI is InChI=1S/C17H24F3N3O3S/c1-16(2,23-7-9-27(25)10-8-23)11-21-15(24)22-13-5-3-4-6-14(13)26-12-17(18,19)20/h3-6H,7-12H2,1-2H3,(H2,21,22,24). The average molecular weight is 407 g/mol. The maximum atomic E-state index is 12.3. The van der Waals surface area contributed by atoms with E-state index in [1.165, 1.54) is 18.2 Å². The highest BCUT2D eigenvalue weighted by Crippen LogP contribution is 2.26. The van der Waals surface area contributed by atoms with E-state index in [2.05, 4.69) is 15.5 Å². The predicted octanol–water partition coefficient (Wildman–Crippen LogP) is 2.59. The van der Waals surface area contributed by atoms with Gasteiger partial charge in [0.2, 0.25) is 0 Å². The molecule has 1 aromatic carbocycles. The van der Waals surface area contributed by atoms with Gasteiger partial charge in [-0.15, -0.1) is 0 Å². The van der Waals surface area contributed by atoms with Gasteiger partial charge in [0.15, 0.2) is 6.61 Å². The molecule has 0 atom stereocenters. The van der Waals surface area contributed by atoms with Crippen LogP contribution in [0.25, 0.3) is 0 Å². The first kappa shape index (κ1) is 21.5. The monoisotopic (exact) mass is 407 g/mol. The van der Waals surface area contributed by atoms with E-state index in [0.717, 1.165) is 0 Å². The number of alkyl halides is 3. The minimum Gasteiger partial charge on any atom is -0.482 e. The maximum Gasteiger partial charge on any atom is 0.422 e.